The fourth-order valence-corrected chi connectivity index (χ4v) is 3.04. The Kier molecular flexibility index (Phi) is 5.42. The Hall–Kier alpha value is -2.70. The molecule has 25 heavy (non-hydrogen) atoms. The summed E-state index contributed by atoms with van der Waals surface area (Å²) in [7, 11) is 0. The number of hydrogen-bond acceptors (Lipinski definition) is 4. The van der Waals surface area contributed by atoms with Gasteiger partial charge in [0.15, 0.2) is 0 Å². The van der Waals surface area contributed by atoms with E-state index in [2.05, 4.69) is 10.5 Å². The van der Waals surface area contributed by atoms with Crippen LogP contribution in [0, 0.1) is 0 Å². The van der Waals surface area contributed by atoms with Crippen LogP contribution in [0.2, 0.25) is 5.02 Å². The van der Waals surface area contributed by atoms with Gasteiger partial charge < -0.3 is 4.57 Å². The molecule has 1 amide bonds. The highest BCUT2D eigenvalue weighted by atomic mass is 35.5. The van der Waals surface area contributed by atoms with Crippen molar-refractivity contribution in [2.45, 2.75) is 6.54 Å². The molecule has 0 atom stereocenters. The number of carbonyl (C=O) groups is 1. The summed E-state index contributed by atoms with van der Waals surface area (Å²) in [5.41, 5.74) is 2.91. The lowest BCUT2D eigenvalue weighted by atomic mass is 10.2. The van der Waals surface area contributed by atoms with Crippen LogP contribution in [0.4, 0.5) is 0 Å². The van der Waals surface area contributed by atoms with E-state index in [0.717, 1.165) is 10.4 Å². The zero-order chi connectivity index (χ0) is 17.6. The number of hydrogen-bond donors (Lipinski definition) is 1. The molecule has 0 fully saturated rings. The molecule has 0 aliphatic rings. The van der Waals surface area contributed by atoms with Gasteiger partial charge in [-0.25, -0.2) is 5.43 Å². The third kappa shape index (κ3) is 4.43. The Labute approximate surface area is 153 Å². The number of halogens is 1. The standard InChI is InChI=1S/C18H14ClN3O2S/c19-14-5-1-4-13(10-14)12-22-8-2-7-16(18(22)24)17(23)21-20-11-15-6-3-9-25-15/h1-11H,12H2,(H,21,23)/b20-11-. The zero-order valence-electron chi connectivity index (χ0n) is 13.1. The Morgan fingerprint density at radius 3 is 2.88 bits per heavy atom. The van der Waals surface area contributed by atoms with E-state index in [0.29, 0.717) is 11.6 Å². The minimum atomic E-state index is -0.543. The topological polar surface area (TPSA) is 63.5 Å². The molecule has 3 rings (SSSR count). The molecule has 5 nitrogen and oxygen atoms in total. The molecule has 0 bridgehead atoms. The average molecular weight is 372 g/mol. The molecule has 3 aromatic rings. The van der Waals surface area contributed by atoms with Crippen molar-refractivity contribution in [3.8, 4) is 0 Å². The molecular formula is C18H14ClN3O2S. The van der Waals surface area contributed by atoms with Gasteiger partial charge in [-0.2, -0.15) is 5.10 Å². The minimum absolute atomic E-state index is 0.0351. The van der Waals surface area contributed by atoms with Gasteiger partial charge in [-0.1, -0.05) is 29.8 Å². The third-order valence-electron chi connectivity index (χ3n) is 3.41. The minimum Gasteiger partial charge on any atom is -0.310 e. The van der Waals surface area contributed by atoms with Crippen LogP contribution < -0.4 is 11.0 Å². The molecule has 126 valence electrons. The van der Waals surface area contributed by atoms with Crippen LogP contribution in [0.25, 0.3) is 0 Å². The van der Waals surface area contributed by atoms with Gasteiger partial charge in [-0.05, 0) is 41.3 Å². The van der Waals surface area contributed by atoms with Crippen molar-refractivity contribution in [3.63, 3.8) is 0 Å². The lowest BCUT2D eigenvalue weighted by Gasteiger charge is -2.08. The zero-order valence-corrected chi connectivity index (χ0v) is 14.6. The van der Waals surface area contributed by atoms with Crippen LogP contribution in [0.5, 0.6) is 0 Å². The Morgan fingerprint density at radius 1 is 1.24 bits per heavy atom. The molecule has 0 spiro atoms. The number of benzene rings is 1. The number of carbonyl (C=O) groups excluding carboxylic acids is 1. The number of hydrazone groups is 1. The second-order valence-corrected chi connectivity index (χ2v) is 6.62. The summed E-state index contributed by atoms with van der Waals surface area (Å²) >= 11 is 7.47. The number of rotatable bonds is 5. The summed E-state index contributed by atoms with van der Waals surface area (Å²) in [6, 6.07) is 14.1. The quantitative estimate of drug-likeness (QED) is 0.552. The number of amides is 1. The van der Waals surface area contributed by atoms with Crippen molar-refractivity contribution in [1.29, 1.82) is 0 Å². The molecule has 0 saturated heterocycles. The Balaban J connectivity index is 1.76. The van der Waals surface area contributed by atoms with Gasteiger partial charge in [-0.3, -0.25) is 9.59 Å². The average Bonchev–Trinajstić information content (AvgIpc) is 3.10. The van der Waals surface area contributed by atoms with Gasteiger partial charge in [0.05, 0.1) is 12.8 Å². The second-order valence-electron chi connectivity index (χ2n) is 5.20. The van der Waals surface area contributed by atoms with Crippen LogP contribution in [-0.2, 0) is 6.54 Å². The smallest absolute Gasteiger partial charge is 0.276 e. The van der Waals surface area contributed by atoms with Gasteiger partial charge >= 0.3 is 0 Å². The molecule has 0 radical (unpaired) electrons. The van der Waals surface area contributed by atoms with Crippen molar-refractivity contribution < 1.29 is 4.79 Å². The Bertz CT molecular complexity index is 964. The molecule has 1 aromatic carbocycles. The van der Waals surface area contributed by atoms with Crippen molar-refractivity contribution >= 4 is 35.1 Å². The largest absolute Gasteiger partial charge is 0.310 e. The van der Waals surface area contributed by atoms with Crippen LogP contribution in [0.1, 0.15) is 20.8 Å². The number of nitrogens with zero attached hydrogens (tertiary/aromatic N) is 2. The van der Waals surface area contributed by atoms with Crippen molar-refractivity contribution in [2.75, 3.05) is 0 Å². The highest BCUT2D eigenvalue weighted by molar-refractivity contribution is 7.11. The lowest BCUT2D eigenvalue weighted by molar-refractivity contribution is 0.0953. The first-order valence-electron chi connectivity index (χ1n) is 7.44. The van der Waals surface area contributed by atoms with E-state index in [1.54, 1.807) is 24.4 Å². The van der Waals surface area contributed by atoms with Crippen LogP contribution in [0.15, 0.2) is 70.0 Å². The predicted molar refractivity (Wildman–Crippen MR) is 101 cm³/mol. The first-order chi connectivity index (χ1) is 12.1. The number of pyridine rings is 1. The summed E-state index contributed by atoms with van der Waals surface area (Å²) < 4.78 is 1.46. The predicted octanol–water partition coefficient (Wildman–Crippen LogP) is 3.38. The van der Waals surface area contributed by atoms with E-state index >= 15 is 0 Å². The van der Waals surface area contributed by atoms with Crippen LogP contribution >= 0.6 is 22.9 Å². The normalized spacial score (nSPS) is 10.9. The summed E-state index contributed by atoms with van der Waals surface area (Å²) in [6.07, 6.45) is 3.17. The lowest BCUT2D eigenvalue weighted by Crippen LogP contribution is -2.30. The summed E-state index contributed by atoms with van der Waals surface area (Å²) in [6.45, 7) is 0.332. The third-order valence-corrected chi connectivity index (χ3v) is 4.45. The van der Waals surface area contributed by atoms with Crippen molar-refractivity contribution in [1.82, 2.24) is 9.99 Å². The summed E-state index contributed by atoms with van der Waals surface area (Å²) in [5, 5.41) is 6.39. The SMILES string of the molecule is O=C(N/N=C\c1cccs1)c1cccn(Cc2cccc(Cl)c2)c1=O. The van der Waals surface area contributed by atoms with E-state index in [-0.39, 0.29) is 11.1 Å². The van der Waals surface area contributed by atoms with E-state index < -0.39 is 5.91 Å². The maximum absolute atomic E-state index is 12.5. The fourth-order valence-electron chi connectivity index (χ4n) is 2.25. The maximum atomic E-state index is 12.5. The van der Waals surface area contributed by atoms with E-state index in [1.807, 2.05) is 29.6 Å². The van der Waals surface area contributed by atoms with Gasteiger partial charge in [0, 0.05) is 16.1 Å². The molecule has 0 unspecified atom stereocenters. The number of thiophene rings is 1. The molecule has 0 aliphatic carbocycles. The van der Waals surface area contributed by atoms with Crippen molar-refractivity contribution in [3.05, 3.63) is 91.5 Å². The van der Waals surface area contributed by atoms with Gasteiger partial charge in [0.1, 0.15) is 5.56 Å². The van der Waals surface area contributed by atoms with Crippen LogP contribution in [0.3, 0.4) is 0 Å². The number of nitrogens with one attached hydrogen (secondary N) is 1. The van der Waals surface area contributed by atoms with Gasteiger partial charge in [0.25, 0.3) is 11.5 Å². The number of aromatic nitrogens is 1. The summed E-state index contributed by atoms with van der Waals surface area (Å²) in [4.78, 5) is 25.6. The molecule has 1 N–H and O–H groups in total. The highest BCUT2D eigenvalue weighted by Gasteiger charge is 2.11. The monoisotopic (exact) mass is 371 g/mol. The van der Waals surface area contributed by atoms with E-state index in [9.17, 15) is 9.59 Å². The van der Waals surface area contributed by atoms with Gasteiger partial charge in [-0.15, -0.1) is 11.3 Å². The van der Waals surface area contributed by atoms with E-state index in [4.69, 9.17) is 11.6 Å². The first-order valence-corrected chi connectivity index (χ1v) is 8.70. The Morgan fingerprint density at radius 2 is 2.12 bits per heavy atom. The molecule has 2 heterocycles. The fraction of sp³-hybridized carbons (Fsp3) is 0.0556. The first kappa shape index (κ1) is 17.1. The van der Waals surface area contributed by atoms with Gasteiger partial charge in [0.2, 0.25) is 0 Å². The van der Waals surface area contributed by atoms with Crippen LogP contribution in [-0.4, -0.2) is 16.7 Å². The summed E-state index contributed by atoms with van der Waals surface area (Å²) in [5.74, 6) is -0.543. The molecule has 2 aromatic heterocycles. The molecular weight excluding hydrogens is 358 g/mol. The van der Waals surface area contributed by atoms with Crippen molar-refractivity contribution in [2.24, 2.45) is 5.10 Å². The van der Waals surface area contributed by atoms with E-state index in [1.165, 1.54) is 28.2 Å². The molecule has 7 heteroatoms. The second kappa shape index (κ2) is 7.92. The molecule has 0 aliphatic heterocycles. The molecule has 0 saturated carbocycles. The maximum Gasteiger partial charge on any atom is 0.276 e. The highest BCUT2D eigenvalue weighted by Crippen LogP contribution is 2.11.